The van der Waals surface area contributed by atoms with E-state index in [1.807, 2.05) is 13.8 Å². The normalized spacial score (nSPS) is 10.6. The number of aromatic amines is 1. The molecule has 0 radical (unpaired) electrons. The molecule has 2 N–H and O–H groups in total. The zero-order chi connectivity index (χ0) is 14.7. The number of hydrogen-bond acceptors (Lipinski definition) is 6. The number of ether oxygens (including phenoxy) is 1. The first-order chi connectivity index (χ1) is 9.51. The number of nitrogens with zero attached hydrogens (tertiary/aromatic N) is 2. The molecule has 0 atom stereocenters. The molecule has 2 heterocycles. The Balaban J connectivity index is 2.21. The molecule has 8 heteroatoms. The van der Waals surface area contributed by atoms with Crippen LogP contribution in [0.1, 0.15) is 35.9 Å². The highest BCUT2D eigenvalue weighted by Gasteiger charge is 2.16. The van der Waals surface area contributed by atoms with Crippen LogP contribution in [0, 0.1) is 0 Å². The van der Waals surface area contributed by atoms with Crippen molar-refractivity contribution < 1.29 is 9.53 Å². The summed E-state index contributed by atoms with van der Waals surface area (Å²) in [6.45, 7) is 3.94. The van der Waals surface area contributed by atoms with Gasteiger partial charge in [-0.2, -0.15) is 4.37 Å². The van der Waals surface area contributed by atoms with Crippen LogP contribution in [0.5, 0.6) is 5.75 Å². The first kappa shape index (κ1) is 14.2. The van der Waals surface area contributed by atoms with Crippen LogP contribution in [0.15, 0.2) is 17.1 Å². The van der Waals surface area contributed by atoms with Gasteiger partial charge in [-0.15, -0.1) is 0 Å². The van der Waals surface area contributed by atoms with Gasteiger partial charge in [0.25, 0.3) is 11.5 Å². The molecular weight excluding hydrogens is 280 g/mol. The SMILES string of the molecule is COc1cc(=O)[nH]cc1C(=O)Nc1nc(C(C)C)ns1. The standard InChI is InChI=1S/C12H14N4O3S/c1-6(2)10-14-12(20-16-10)15-11(18)7-5-13-9(17)4-8(7)19-3/h4-6H,1-3H3,(H,13,17)(H,14,15,16,18). The molecule has 1 amide bonds. The Kier molecular flexibility index (Phi) is 4.14. The van der Waals surface area contributed by atoms with E-state index in [2.05, 4.69) is 19.7 Å². The third kappa shape index (κ3) is 3.02. The highest BCUT2D eigenvalue weighted by Crippen LogP contribution is 2.20. The van der Waals surface area contributed by atoms with E-state index < -0.39 is 5.91 Å². The minimum absolute atomic E-state index is 0.194. The third-order valence-electron chi connectivity index (χ3n) is 2.53. The smallest absolute Gasteiger partial charge is 0.262 e. The summed E-state index contributed by atoms with van der Waals surface area (Å²) in [5.74, 6) is 0.669. The lowest BCUT2D eigenvalue weighted by molar-refractivity contribution is 0.102. The molecular formula is C12H14N4O3S. The average Bonchev–Trinajstić information content (AvgIpc) is 2.87. The molecule has 0 saturated heterocycles. The van der Waals surface area contributed by atoms with Gasteiger partial charge in [-0.05, 0) is 0 Å². The summed E-state index contributed by atoms with van der Waals surface area (Å²) < 4.78 is 9.16. The predicted octanol–water partition coefficient (Wildman–Crippen LogP) is 1.61. The van der Waals surface area contributed by atoms with E-state index in [1.54, 1.807) is 0 Å². The first-order valence-electron chi connectivity index (χ1n) is 5.93. The molecule has 2 rings (SSSR count). The molecule has 0 aromatic carbocycles. The molecule has 0 aliphatic heterocycles. The molecule has 20 heavy (non-hydrogen) atoms. The minimum Gasteiger partial charge on any atom is -0.496 e. The average molecular weight is 294 g/mol. The van der Waals surface area contributed by atoms with Crippen molar-refractivity contribution in [3.8, 4) is 5.75 Å². The Hall–Kier alpha value is -2.22. The number of carbonyl (C=O) groups excluding carboxylic acids is 1. The summed E-state index contributed by atoms with van der Waals surface area (Å²) >= 11 is 1.11. The maximum Gasteiger partial charge on any atom is 0.262 e. The molecule has 2 aromatic rings. The van der Waals surface area contributed by atoms with Crippen LogP contribution in [-0.2, 0) is 0 Å². The van der Waals surface area contributed by atoms with Crippen molar-refractivity contribution in [3.05, 3.63) is 34.0 Å². The Morgan fingerprint density at radius 2 is 2.25 bits per heavy atom. The van der Waals surface area contributed by atoms with E-state index in [1.165, 1.54) is 19.4 Å². The molecule has 0 saturated carbocycles. The molecule has 0 spiro atoms. The highest BCUT2D eigenvalue weighted by atomic mass is 32.1. The number of aromatic nitrogens is 3. The Bertz CT molecular complexity index is 677. The lowest BCUT2D eigenvalue weighted by Gasteiger charge is -2.06. The van der Waals surface area contributed by atoms with Crippen LogP contribution >= 0.6 is 11.5 Å². The van der Waals surface area contributed by atoms with Crippen molar-refractivity contribution >= 4 is 22.6 Å². The van der Waals surface area contributed by atoms with Crippen LogP contribution < -0.4 is 15.6 Å². The van der Waals surface area contributed by atoms with Crippen molar-refractivity contribution in [2.45, 2.75) is 19.8 Å². The predicted molar refractivity (Wildman–Crippen MR) is 75.6 cm³/mol. The Morgan fingerprint density at radius 1 is 1.50 bits per heavy atom. The zero-order valence-corrected chi connectivity index (χ0v) is 12.1. The van der Waals surface area contributed by atoms with E-state index in [0.29, 0.717) is 11.0 Å². The summed E-state index contributed by atoms with van der Waals surface area (Å²) in [6.07, 6.45) is 1.31. The van der Waals surface area contributed by atoms with Crippen molar-refractivity contribution in [2.75, 3.05) is 12.4 Å². The summed E-state index contributed by atoms with van der Waals surface area (Å²) in [4.78, 5) is 29.9. The molecule has 0 fully saturated rings. The van der Waals surface area contributed by atoms with E-state index in [4.69, 9.17) is 4.74 Å². The van der Waals surface area contributed by atoms with Crippen LogP contribution in [0.2, 0.25) is 0 Å². The molecule has 2 aromatic heterocycles. The fourth-order valence-electron chi connectivity index (χ4n) is 1.48. The van der Waals surface area contributed by atoms with Crippen molar-refractivity contribution in [2.24, 2.45) is 0 Å². The lowest BCUT2D eigenvalue weighted by atomic mass is 10.2. The van der Waals surface area contributed by atoms with Crippen LogP contribution in [0.25, 0.3) is 0 Å². The van der Waals surface area contributed by atoms with Gasteiger partial charge in [-0.1, -0.05) is 13.8 Å². The number of nitrogens with one attached hydrogen (secondary N) is 2. The van der Waals surface area contributed by atoms with Crippen LogP contribution in [0.4, 0.5) is 5.13 Å². The number of methoxy groups -OCH3 is 1. The van der Waals surface area contributed by atoms with Gasteiger partial charge >= 0.3 is 0 Å². The molecule has 7 nitrogen and oxygen atoms in total. The number of hydrogen-bond donors (Lipinski definition) is 2. The third-order valence-corrected chi connectivity index (χ3v) is 3.17. The van der Waals surface area contributed by atoms with Gasteiger partial charge in [0.1, 0.15) is 11.6 Å². The summed E-state index contributed by atoms with van der Waals surface area (Å²) in [5.41, 5.74) is -0.107. The topological polar surface area (TPSA) is 97.0 Å². The maximum absolute atomic E-state index is 12.1. The highest BCUT2D eigenvalue weighted by molar-refractivity contribution is 7.09. The fraction of sp³-hybridized carbons (Fsp3) is 0.333. The van der Waals surface area contributed by atoms with E-state index in [9.17, 15) is 9.59 Å². The second-order valence-electron chi connectivity index (χ2n) is 4.35. The zero-order valence-electron chi connectivity index (χ0n) is 11.3. The van der Waals surface area contributed by atoms with Crippen LogP contribution in [-0.4, -0.2) is 27.4 Å². The molecule has 0 unspecified atom stereocenters. The van der Waals surface area contributed by atoms with Gasteiger partial charge in [-0.3, -0.25) is 14.9 Å². The number of pyridine rings is 1. The molecule has 106 valence electrons. The summed E-state index contributed by atoms with van der Waals surface area (Å²) in [7, 11) is 1.40. The van der Waals surface area contributed by atoms with E-state index in [-0.39, 0.29) is 22.8 Å². The lowest BCUT2D eigenvalue weighted by Crippen LogP contribution is -2.16. The van der Waals surface area contributed by atoms with E-state index in [0.717, 1.165) is 11.5 Å². The molecule has 0 aliphatic carbocycles. The van der Waals surface area contributed by atoms with E-state index >= 15 is 0 Å². The van der Waals surface area contributed by atoms with Gasteiger partial charge in [0.15, 0.2) is 0 Å². The first-order valence-corrected chi connectivity index (χ1v) is 6.70. The molecule has 0 aliphatic rings. The number of carbonyl (C=O) groups is 1. The largest absolute Gasteiger partial charge is 0.496 e. The number of amides is 1. The van der Waals surface area contributed by atoms with Crippen molar-refractivity contribution in [1.29, 1.82) is 0 Å². The Labute approximate surface area is 119 Å². The summed E-state index contributed by atoms with van der Waals surface area (Å²) in [5, 5.41) is 3.04. The Morgan fingerprint density at radius 3 is 2.85 bits per heavy atom. The van der Waals surface area contributed by atoms with Crippen LogP contribution in [0.3, 0.4) is 0 Å². The van der Waals surface area contributed by atoms with Gasteiger partial charge in [0.2, 0.25) is 5.13 Å². The van der Waals surface area contributed by atoms with Crippen molar-refractivity contribution in [3.63, 3.8) is 0 Å². The van der Waals surface area contributed by atoms with Gasteiger partial charge < -0.3 is 9.72 Å². The fourth-order valence-corrected chi connectivity index (χ4v) is 2.19. The van der Waals surface area contributed by atoms with Gasteiger partial charge in [-0.25, -0.2) is 4.98 Å². The van der Waals surface area contributed by atoms with Gasteiger partial charge in [0.05, 0.1) is 12.7 Å². The number of H-pyrrole nitrogens is 1. The second kappa shape index (κ2) is 5.83. The quantitative estimate of drug-likeness (QED) is 0.893. The number of rotatable bonds is 4. The second-order valence-corrected chi connectivity index (χ2v) is 5.10. The van der Waals surface area contributed by atoms with Gasteiger partial charge in [0, 0.05) is 29.7 Å². The minimum atomic E-state index is -0.412. The maximum atomic E-state index is 12.1. The van der Waals surface area contributed by atoms with Crippen molar-refractivity contribution in [1.82, 2.24) is 14.3 Å². The molecule has 0 bridgehead atoms. The summed E-state index contributed by atoms with van der Waals surface area (Å²) in [6, 6.07) is 1.22. The number of anilines is 1. The monoisotopic (exact) mass is 294 g/mol.